The zero-order chi connectivity index (χ0) is 43.9. The van der Waals surface area contributed by atoms with Gasteiger partial charge in [0.15, 0.2) is 18.9 Å². The topological polar surface area (TPSA) is 391 Å². The molecule has 6 fully saturated rings. The second-order valence-corrected chi connectivity index (χ2v) is 16.6. The molecule has 6 rings (SSSR count). The Morgan fingerprint density at radius 3 is 1.82 bits per heavy atom. The number of fused-ring (bicyclic) bond motifs is 1. The molecule has 23 atom stereocenters. The van der Waals surface area contributed by atoms with E-state index in [1.807, 2.05) is 0 Å². The Labute approximate surface area is 342 Å². The molecule has 24 nitrogen and oxygen atoms in total. The van der Waals surface area contributed by atoms with Crippen molar-refractivity contribution in [1.82, 2.24) is 0 Å². The summed E-state index contributed by atoms with van der Waals surface area (Å²) in [6, 6.07) is 0. The molecular weight excluding hydrogens is 816 g/mol. The fraction of sp³-hybridized carbons (Fsp3) is 0.944. The lowest BCUT2D eigenvalue weighted by Crippen LogP contribution is -2.65. The number of ether oxygens (including phenoxy) is 8. The third-order valence-electron chi connectivity index (χ3n) is 12.4. The monoisotopic (exact) mass is 874 g/mol. The molecule has 24 heteroatoms. The second-order valence-electron chi connectivity index (χ2n) is 16.6. The van der Waals surface area contributed by atoms with Crippen molar-refractivity contribution in [1.29, 1.82) is 0 Å². The Bertz CT molecular complexity index is 1420. The molecule has 0 spiro atoms. The van der Waals surface area contributed by atoms with Crippen LogP contribution in [0.4, 0.5) is 0 Å². The van der Waals surface area contributed by atoms with E-state index in [9.17, 15) is 76.0 Å². The van der Waals surface area contributed by atoms with Gasteiger partial charge in [0.2, 0.25) is 0 Å². The summed E-state index contributed by atoms with van der Waals surface area (Å²) in [6.45, 7) is -0.0982. The van der Waals surface area contributed by atoms with Gasteiger partial charge in [0.25, 0.3) is 0 Å². The van der Waals surface area contributed by atoms with E-state index in [2.05, 4.69) is 0 Å². The van der Waals surface area contributed by atoms with E-state index in [0.717, 1.165) is 0 Å². The normalized spacial score (nSPS) is 51.3. The van der Waals surface area contributed by atoms with Crippen LogP contribution in [0.2, 0.25) is 0 Å². The quantitative estimate of drug-likeness (QED) is 0.0640. The van der Waals surface area contributed by atoms with Crippen molar-refractivity contribution in [2.45, 2.75) is 186 Å². The summed E-state index contributed by atoms with van der Waals surface area (Å²) in [4.78, 5) is 22.6. The molecule has 0 aromatic rings. The van der Waals surface area contributed by atoms with Crippen LogP contribution in [0.1, 0.15) is 45.4 Å². The number of hydrogen-bond acceptors (Lipinski definition) is 23. The van der Waals surface area contributed by atoms with Crippen molar-refractivity contribution in [3.05, 3.63) is 0 Å². The van der Waals surface area contributed by atoms with E-state index in [4.69, 9.17) is 43.0 Å². The molecule has 4 saturated heterocycles. The van der Waals surface area contributed by atoms with Gasteiger partial charge in [-0.15, -0.1) is 0 Å². The lowest BCUT2D eigenvalue weighted by Gasteiger charge is -2.52. The summed E-state index contributed by atoms with van der Waals surface area (Å²) < 4.78 is 46.7. The first kappa shape index (κ1) is 47.6. The van der Waals surface area contributed by atoms with Gasteiger partial charge in [-0.05, 0) is 32.1 Å². The molecule has 0 bridgehead atoms. The number of carbonyl (C=O) groups is 2. The van der Waals surface area contributed by atoms with Gasteiger partial charge in [0, 0.05) is 18.8 Å². The van der Waals surface area contributed by atoms with E-state index >= 15 is 0 Å². The van der Waals surface area contributed by atoms with Gasteiger partial charge in [-0.2, -0.15) is 0 Å². The standard InChI is InChI=1S/C36H58O24/c1-10-23(44)27(48)30(51)34(54-10)60-33-29(50)25(46)19(8-37)58-36(33)57-18-6-13-14(38)4-12(5-17(13)56-32(18)11-2-15(39)24(45)16(40)3-11)55-35-31(52)28(49)26(47)20(59-35)9-53-22(43)7-21(41)42/h10-20,23-40,44-52H,2-9H2,1H3,(H,41,42)/t10-,11?,12?,13?,14?,15?,16?,17?,18?,19+,20+,23-,24?,25+,26+,27+,28-,29-,30+,31+,32?,33+,34-,35+,36+/m0/s1. The SMILES string of the molecule is C[C@@H]1O[C@@H](O[C@H]2[C@H](OC3CC4C(O)CC(O[C@@H]5O[C@H](COC(=O)CC(=O)O)[C@@H](O)[C@H](O)[C@H]5O)CC4OC3C3CC(O)C(O)C(O)C3)O[C@H](CO)[C@@H](O)[C@@H]2O)[C@H](O)[C@H](O)[C@H]1O. The predicted molar refractivity (Wildman–Crippen MR) is 187 cm³/mol. The average molecular weight is 875 g/mol. The molecule has 60 heavy (non-hydrogen) atoms. The number of rotatable bonds is 12. The Balaban J connectivity index is 1.20. The van der Waals surface area contributed by atoms with Crippen molar-refractivity contribution in [2.24, 2.45) is 11.8 Å². The minimum absolute atomic E-state index is 0.0152. The highest BCUT2D eigenvalue weighted by atomic mass is 16.8. The molecule has 0 aromatic heterocycles. The molecule has 4 heterocycles. The zero-order valence-electron chi connectivity index (χ0n) is 32.4. The number of aliphatic carboxylic acids is 1. The minimum Gasteiger partial charge on any atom is -0.481 e. The zero-order valence-corrected chi connectivity index (χ0v) is 32.4. The lowest BCUT2D eigenvalue weighted by molar-refractivity contribution is -0.377. The molecule has 8 unspecified atom stereocenters. The van der Waals surface area contributed by atoms with Gasteiger partial charge in [-0.1, -0.05) is 0 Å². The van der Waals surface area contributed by atoms with E-state index in [0.29, 0.717) is 0 Å². The highest BCUT2D eigenvalue weighted by Crippen LogP contribution is 2.45. The van der Waals surface area contributed by atoms with Crippen LogP contribution in [0.25, 0.3) is 0 Å². The third kappa shape index (κ3) is 10.2. The van der Waals surface area contributed by atoms with Crippen LogP contribution in [-0.4, -0.2) is 238 Å². The molecule has 6 aliphatic rings. The van der Waals surface area contributed by atoms with Gasteiger partial charge in [-0.25, -0.2) is 0 Å². The van der Waals surface area contributed by atoms with Crippen LogP contribution in [0.3, 0.4) is 0 Å². The molecule has 0 aromatic carbocycles. The highest BCUT2D eigenvalue weighted by molar-refractivity contribution is 5.90. The Hall–Kier alpha value is -1.86. The number of hydrogen-bond donors (Lipinski definition) is 14. The molecule has 2 saturated carbocycles. The summed E-state index contributed by atoms with van der Waals surface area (Å²) in [5.74, 6) is -4.08. The van der Waals surface area contributed by atoms with E-state index in [-0.39, 0.29) is 32.1 Å². The number of esters is 1. The largest absolute Gasteiger partial charge is 0.481 e. The number of carboxylic acid groups (broad SMARTS) is 1. The molecule has 0 amide bonds. The van der Waals surface area contributed by atoms with Crippen molar-refractivity contribution in [2.75, 3.05) is 13.2 Å². The summed E-state index contributed by atoms with van der Waals surface area (Å²) in [7, 11) is 0. The van der Waals surface area contributed by atoms with Gasteiger partial charge >= 0.3 is 11.9 Å². The summed E-state index contributed by atoms with van der Waals surface area (Å²) in [5, 5.41) is 147. The maximum absolute atomic E-state index is 11.8. The fourth-order valence-electron chi connectivity index (χ4n) is 9.03. The van der Waals surface area contributed by atoms with Crippen LogP contribution >= 0.6 is 0 Å². The smallest absolute Gasteiger partial charge is 0.317 e. The number of carbonyl (C=O) groups excluding carboxylic acids is 1. The molecule has 346 valence electrons. The van der Waals surface area contributed by atoms with Gasteiger partial charge in [0.1, 0.15) is 86.3 Å². The third-order valence-corrected chi connectivity index (χ3v) is 12.4. The first-order valence-corrected chi connectivity index (χ1v) is 20.0. The van der Waals surface area contributed by atoms with Gasteiger partial charge in [-0.3, -0.25) is 9.59 Å². The second kappa shape index (κ2) is 19.9. The van der Waals surface area contributed by atoms with E-state index in [1.54, 1.807) is 0 Å². The number of carboxylic acids is 1. The molecular formula is C36H58O24. The molecule has 4 aliphatic heterocycles. The molecule has 0 radical (unpaired) electrons. The Morgan fingerprint density at radius 1 is 0.583 bits per heavy atom. The summed E-state index contributed by atoms with van der Waals surface area (Å²) in [5.41, 5.74) is 0. The van der Waals surface area contributed by atoms with Crippen molar-refractivity contribution < 1.29 is 119 Å². The van der Waals surface area contributed by atoms with Crippen LogP contribution in [-0.2, 0) is 47.5 Å². The average Bonchev–Trinajstić information content (AvgIpc) is 3.19. The molecule has 2 aliphatic carbocycles. The van der Waals surface area contributed by atoms with E-state index in [1.165, 1.54) is 6.92 Å². The lowest BCUT2D eigenvalue weighted by atomic mass is 9.72. The minimum atomic E-state index is -1.85. The maximum atomic E-state index is 11.8. The number of aliphatic hydroxyl groups excluding tert-OH is 13. The maximum Gasteiger partial charge on any atom is 0.317 e. The summed E-state index contributed by atoms with van der Waals surface area (Å²) in [6.07, 6.45) is -35.5. The van der Waals surface area contributed by atoms with E-state index < -0.39 is 184 Å². The van der Waals surface area contributed by atoms with Crippen LogP contribution in [0, 0.1) is 11.8 Å². The first-order chi connectivity index (χ1) is 28.3. The van der Waals surface area contributed by atoms with Crippen molar-refractivity contribution >= 4 is 11.9 Å². The van der Waals surface area contributed by atoms with Crippen LogP contribution < -0.4 is 0 Å². The first-order valence-electron chi connectivity index (χ1n) is 20.0. The van der Waals surface area contributed by atoms with Crippen molar-refractivity contribution in [3.63, 3.8) is 0 Å². The fourth-order valence-corrected chi connectivity index (χ4v) is 9.03. The molecule has 14 N–H and O–H groups in total. The number of aliphatic hydroxyl groups is 13. The Morgan fingerprint density at radius 2 is 1.18 bits per heavy atom. The predicted octanol–water partition coefficient (Wildman–Crippen LogP) is -7.34. The van der Waals surface area contributed by atoms with Crippen LogP contribution in [0.5, 0.6) is 0 Å². The highest BCUT2D eigenvalue weighted by Gasteiger charge is 2.56. The summed E-state index contributed by atoms with van der Waals surface area (Å²) >= 11 is 0. The van der Waals surface area contributed by atoms with Crippen molar-refractivity contribution in [3.8, 4) is 0 Å². The Kier molecular flexibility index (Phi) is 15.8. The van der Waals surface area contributed by atoms with Crippen LogP contribution in [0.15, 0.2) is 0 Å². The van der Waals surface area contributed by atoms with Gasteiger partial charge in [0.05, 0.1) is 55.4 Å². The van der Waals surface area contributed by atoms with Gasteiger partial charge < -0.3 is 109 Å².